The zero-order chi connectivity index (χ0) is 19.6. The van der Waals surface area contributed by atoms with E-state index in [1.165, 1.54) is 17.7 Å². The van der Waals surface area contributed by atoms with Crippen LogP contribution in [0.4, 0.5) is 5.69 Å². The quantitative estimate of drug-likeness (QED) is 0.538. The van der Waals surface area contributed by atoms with Crippen LogP contribution in [-0.2, 0) is 4.79 Å². The molecular formula is C21H15N3O4S. The minimum absolute atomic E-state index is 0.176. The third kappa shape index (κ3) is 3.45. The molecule has 0 fully saturated rings. The SMILES string of the molecule is O=C(COc1ncnc2scc(-c3ccccc3)c12)Nc1ccc2c(c1)OCO2. The summed E-state index contributed by atoms with van der Waals surface area (Å²) in [5.41, 5.74) is 2.64. The number of fused-ring (bicyclic) bond motifs is 2. The van der Waals surface area contributed by atoms with Crippen molar-refractivity contribution in [1.82, 2.24) is 9.97 Å². The fourth-order valence-electron chi connectivity index (χ4n) is 3.09. The maximum absolute atomic E-state index is 12.4. The molecule has 0 radical (unpaired) electrons. The first-order valence-corrected chi connectivity index (χ1v) is 9.76. The van der Waals surface area contributed by atoms with Gasteiger partial charge in [-0.15, -0.1) is 11.3 Å². The molecule has 144 valence electrons. The van der Waals surface area contributed by atoms with E-state index in [2.05, 4.69) is 15.3 Å². The molecule has 1 amide bonds. The number of hydrogen-bond donors (Lipinski definition) is 1. The fourth-order valence-corrected chi connectivity index (χ4v) is 4.00. The van der Waals surface area contributed by atoms with Gasteiger partial charge >= 0.3 is 0 Å². The van der Waals surface area contributed by atoms with Gasteiger partial charge in [0.2, 0.25) is 12.7 Å². The highest BCUT2D eigenvalue weighted by molar-refractivity contribution is 7.17. The molecule has 7 nitrogen and oxygen atoms in total. The Morgan fingerprint density at radius 3 is 2.86 bits per heavy atom. The third-order valence-corrected chi connectivity index (χ3v) is 5.30. The van der Waals surface area contributed by atoms with Crippen molar-refractivity contribution in [1.29, 1.82) is 0 Å². The summed E-state index contributed by atoms with van der Waals surface area (Å²) in [5.74, 6) is 1.35. The van der Waals surface area contributed by atoms with E-state index in [9.17, 15) is 4.79 Å². The Kier molecular flexibility index (Phi) is 4.45. The first-order valence-electron chi connectivity index (χ1n) is 8.88. The topological polar surface area (TPSA) is 82.6 Å². The van der Waals surface area contributed by atoms with Gasteiger partial charge in [-0.1, -0.05) is 30.3 Å². The number of nitrogens with one attached hydrogen (secondary N) is 1. The summed E-state index contributed by atoms with van der Waals surface area (Å²) in [4.78, 5) is 21.7. The first kappa shape index (κ1) is 17.4. The van der Waals surface area contributed by atoms with Crippen molar-refractivity contribution in [3.8, 4) is 28.5 Å². The average molecular weight is 405 g/mol. The Bertz CT molecular complexity index is 1190. The van der Waals surface area contributed by atoms with Crippen molar-refractivity contribution in [3.05, 3.63) is 60.2 Å². The Hall–Kier alpha value is -3.65. The molecule has 1 aliphatic rings. The largest absolute Gasteiger partial charge is 0.467 e. The molecular weight excluding hydrogens is 390 g/mol. The lowest BCUT2D eigenvalue weighted by atomic mass is 10.1. The van der Waals surface area contributed by atoms with Crippen molar-refractivity contribution in [2.24, 2.45) is 0 Å². The second-order valence-electron chi connectivity index (χ2n) is 6.28. The smallest absolute Gasteiger partial charge is 0.262 e. The van der Waals surface area contributed by atoms with Gasteiger partial charge in [0.1, 0.15) is 11.2 Å². The molecule has 3 heterocycles. The van der Waals surface area contributed by atoms with Crippen LogP contribution in [0, 0.1) is 0 Å². The number of anilines is 1. The van der Waals surface area contributed by atoms with Gasteiger partial charge in [-0.05, 0) is 17.7 Å². The molecule has 2 aromatic heterocycles. The maximum atomic E-state index is 12.4. The van der Waals surface area contributed by atoms with Gasteiger partial charge < -0.3 is 19.5 Å². The lowest BCUT2D eigenvalue weighted by Crippen LogP contribution is -2.20. The molecule has 29 heavy (non-hydrogen) atoms. The van der Waals surface area contributed by atoms with E-state index in [1.54, 1.807) is 18.2 Å². The summed E-state index contributed by atoms with van der Waals surface area (Å²) in [6.07, 6.45) is 1.44. The summed E-state index contributed by atoms with van der Waals surface area (Å²) < 4.78 is 16.3. The molecule has 2 aromatic carbocycles. The minimum atomic E-state index is -0.299. The Morgan fingerprint density at radius 1 is 1.10 bits per heavy atom. The van der Waals surface area contributed by atoms with Gasteiger partial charge in [-0.3, -0.25) is 4.79 Å². The first-order chi connectivity index (χ1) is 14.3. The maximum Gasteiger partial charge on any atom is 0.262 e. The molecule has 5 rings (SSSR count). The van der Waals surface area contributed by atoms with Gasteiger partial charge in [-0.2, -0.15) is 0 Å². The molecule has 1 N–H and O–H groups in total. The fraction of sp³-hybridized carbons (Fsp3) is 0.0952. The summed E-state index contributed by atoms with van der Waals surface area (Å²) in [7, 11) is 0. The average Bonchev–Trinajstić information content (AvgIpc) is 3.39. The number of aromatic nitrogens is 2. The van der Waals surface area contributed by atoms with Crippen LogP contribution in [0.5, 0.6) is 17.4 Å². The molecule has 8 heteroatoms. The van der Waals surface area contributed by atoms with Crippen LogP contribution in [0.1, 0.15) is 0 Å². The van der Waals surface area contributed by atoms with Crippen LogP contribution < -0.4 is 19.5 Å². The summed E-state index contributed by atoms with van der Waals surface area (Å²) >= 11 is 1.51. The monoisotopic (exact) mass is 405 g/mol. The van der Waals surface area contributed by atoms with Gasteiger partial charge in [0.15, 0.2) is 18.1 Å². The highest BCUT2D eigenvalue weighted by atomic mass is 32.1. The second-order valence-corrected chi connectivity index (χ2v) is 7.14. The van der Waals surface area contributed by atoms with Crippen molar-refractivity contribution in [3.63, 3.8) is 0 Å². The van der Waals surface area contributed by atoms with Gasteiger partial charge in [0.25, 0.3) is 5.91 Å². The number of benzene rings is 2. The van der Waals surface area contributed by atoms with Crippen molar-refractivity contribution in [2.45, 2.75) is 0 Å². The molecule has 0 bridgehead atoms. The zero-order valence-electron chi connectivity index (χ0n) is 15.1. The zero-order valence-corrected chi connectivity index (χ0v) is 15.9. The molecule has 0 saturated carbocycles. The van der Waals surface area contributed by atoms with E-state index in [1.807, 2.05) is 35.7 Å². The normalized spacial score (nSPS) is 12.1. The number of carbonyl (C=O) groups excluding carboxylic acids is 1. The molecule has 0 spiro atoms. The number of ether oxygens (including phenoxy) is 3. The number of carbonyl (C=O) groups is 1. The second kappa shape index (κ2) is 7.40. The van der Waals surface area contributed by atoms with Crippen LogP contribution in [0.15, 0.2) is 60.2 Å². The molecule has 1 aliphatic heterocycles. The van der Waals surface area contributed by atoms with Gasteiger partial charge in [-0.25, -0.2) is 9.97 Å². The standard InChI is InChI=1S/C21H15N3O4S/c25-18(24-14-6-7-16-17(8-14)28-12-27-16)9-26-20-19-15(13-4-2-1-3-5-13)10-29-21(19)23-11-22-20/h1-8,10-11H,9,12H2,(H,24,25). The Labute approximate surface area is 169 Å². The Balaban J connectivity index is 1.34. The number of thiophene rings is 1. The van der Waals surface area contributed by atoms with Crippen LogP contribution in [0.2, 0.25) is 0 Å². The Morgan fingerprint density at radius 2 is 1.97 bits per heavy atom. The molecule has 4 aromatic rings. The van der Waals surface area contributed by atoms with Crippen molar-refractivity contribution < 1.29 is 19.0 Å². The predicted molar refractivity (Wildman–Crippen MR) is 110 cm³/mol. The lowest BCUT2D eigenvalue weighted by molar-refractivity contribution is -0.118. The number of hydrogen-bond acceptors (Lipinski definition) is 7. The third-order valence-electron chi connectivity index (χ3n) is 4.42. The van der Waals surface area contributed by atoms with Crippen LogP contribution in [0.3, 0.4) is 0 Å². The van der Waals surface area contributed by atoms with Gasteiger partial charge in [0.05, 0.1) is 5.39 Å². The lowest BCUT2D eigenvalue weighted by Gasteiger charge is -2.09. The van der Waals surface area contributed by atoms with E-state index in [4.69, 9.17) is 14.2 Å². The minimum Gasteiger partial charge on any atom is -0.467 e. The van der Waals surface area contributed by atoms with E-state index in [-0.39, 0.29) is 19.3 Å². The molecule has 0 aliphatic carbocycles. The summed E-state index contributed by atoms with van der Waals surface area (Å²) in [6, 6.07) is 15.2. The van der Waals surface area contributed by atoms with Gasteiger partial charge in [0, 0.05) is 22.7 Å². The van der Waals surface area contributed by atoms with Crippen LogP contribution >= 0.6 is 11.3 Å². The van der Waals surface area contributed by atoms with Crippen LogP contribution in [-0.4, -0.2) is 29.3 Å². The van der Waals surface area contributed by atoms with E-state index in [0.29, 0.717) is 23.1 Å². The van der Waals surface area contributed by atoms with Crippen molar-refractivity contribution >= 4 is 33.1 Å². The number of rotatable bonds is 5. The highest BCUT2D eigenvalue weighted by Crippen LogP contribution is 2.37. The molecule has 0 atom stereocenters. The summed E-state index contributed by atoms with van der Waals surface area (Å²) in [6.45, 7) is 0.00851. The molecule has 0 unspecified atom stereocenters. The molecule has 0 saturated heterocycles. The number of amides is 1. The van der Waals surface area contributed by atoms with E-state index < -0.39 is 0 Å². The number of nitrogens with zero attached hydrogens (tertiary/aromatic N) is 2. The van der Waals surface area contributed by atoms with E-state index in [0.717, 1.165) is 21.3 Å². The van der Waals surface area contributed by atoms with Crippen LogP contribution in [0.25, 0.3) is 21.3 Å². The highest BCUT2D eigenvalue weighted by Gasteiger charge is 2.17. The summed E-state index contributed by atoms with van der Waals surface area (Å²) in [5, 5.41) is 5.62. The predicted octanol–water partition coefficient (Wildman–Crippen LogP) is 4.10. The van der Waals surface area contributed by atoms with Crippen molar-refractivity contribution in [2.75, 3.05) is 18.7 Å². The van der Waals surface area contributed by atoms with E-state index >= 15 is 0 Å².